The normalized spacial score (nSPS) is 11.3. The molecule has 7 heteroatoms. The molecule has 0 saturated heterocycles. The highest BCUT2D eigenvalue weighted by Crippen LogP contribution is 2.13. The van der Waals surface area contributed by atoms with E-state index >= 15 is 0 Å². The monoisotopic (exact) mass is 270 g/mol. The fraction of sp³-hybridized carbons (Fsp3) is 0.545. The maximum absolute atomic E-state index is 11.9. The van der Waals surface area contributed by atoms with Crippen LogP contribution in [0.3, 0.4) is 0 Å². The molecule has 0 unspecified atom stereocenters. The first kappa shape index (κ1) is 14.6. The molecule has 6 nitrogen and oxygen atoms in total. The molecule has 2 amide bonds. The number of carbonyl (C=O) groups excluding carboxylic acids is 2. The van der Waals surface area contributed by atoms with Crippen LogP contribution in [0.2, 0.25) is 0 Å². The molecule has 1 aromatic heterocycles. The zero-order chi connectivity index (χ0) is 13.8. The van der Waals surface area contributed by atoms with E-state index in [9.17, 15) is 9.59 Å². The fourth-order valence-electron chi connectivity index (χ4n) is 1.50. The summed E-state index contributed by atoms with van der Waals surface area (Å²) in [5.74, 6) is -0.761. The molecule has 0 aliphatic carbocycles. The van der Waals surface area contributed by atoms with Crippen molar-refractivity contribution in [2.24, 2.45) is 11.5 Å². The van der Waals surface area contributed by atoms with E-state index in [1.807, 2.05) is 0 Å². The Bertz CT molecular complexity index is 442. The Labute approximate surface area is 110 Å². The summed E-state index contributed by atoms with van der Waals surface area (Å²) in [5.41, 5.74) is 10.2. The third kappa shape index (κ3) is 4.42. The maximum Gasteiger partial charge on any atom is 0.271 e. The van der Waals surface area contributed by atoms with Crippen LogP contribution in [0.1, 0.15) is 35.8 Å². The zero-order valence-electron chi connectivity index (χ0n) is 10.5. The standard InChI is InChI=1S/C11H18N4O2S/c1-11(2,5-8(13)16)15-10(17)7-6-18-9(14-7)3-4-12/h6H,3-5,12H2,1-2H3,(H2,13,16)(H,15,17). The van der Waals surface area contributed by atoms with Crippen LogP contribution >= 0.6 is 11.3 Å². The second kappa shape index (κ2) is 5.92. The molecule has 5 N–H and O–H groups in total. The summed E-state index contributed by atoms with van der Waals surface area (Å²) >= 11 is 1.40. The van der Waals surface area contributed by atoms with E-state index in [0.29, 0.717) is 18.7 Å². The maximum atomic E-state index is 11.9. The van der Waals surface area contributed by atoms with E-state index in [4.69, 9.17) is 11.5 Å². The van der Waals surface area contributed by atoms with Crippen LogP contribution in [0.5, 0.6) is 0 Å². The number of thiazole rings is 1. The van der Waals surface area contributed by atoms with Gasteiger partial charge in [-0.3, -0.25) is 9.59 Å². The van der Waals surface area contributed by atoms with Crippen molar-refractivity contribution >= 4 is 23.2 Å². The molecule has 0 aliphatic heterocycles. The first-order valence-electron chi connectivity index (χ1n) is 5.59. The van der Waals surface area contributed by atoms with Gasteiger partial charge in [0.1, 0.15) is 5.69 Å². The lowest BCUT2D eigenvalue weighted by Gasteiger charge is -2.24. The lowest BCUT2D eigenvalue weighted by molar-refractivity contribution is -0.119. The molecule has 0 radical (unpaired) electrons. The number of primary amides is 1. The van der Waals surface area contributed by atoms with Crippen molar-refractivity contribution in [3.63, 3.8) is 0 Å². The van der Waals surface area contributed by atoms with E-state index in [1.54, 1.807) is 19.2 Å². The number of rotatable bonds is 6. The van der Waals surface area contributed by atoms with Crippen LogP contribution in [0.15, 0.2) is 5.38 Å². The molecule has 0 aliphatic rings. The number of nitrogens with one attached hydrogen (secondary N) is 1. The summed E-state index contributed by atoms with van der Waals surface area (Å²) in [5, 5.41) is 5.24. The van der Waals surface area contributed by atoms with Gasteiger partial charge in [-0.2, -0.15) is 0 Å². The van der Waals surface area contributed by atoms with Gasteiger partial charge in [0, 0.05) is 23.8 Å². The van der Waals surface area contributed by atoms with Crippen molar-refractivity contribution in [1.82, 2.24) is 10.3 Å². The average molecular weight is 270 g/mol. The van der Waals surface area contributed by atoms with Crippen LogP contribution in [0, 0.1) is 0 Å². The molecular formula is C11H18N4O2S. The van der Waals surface area contributed by atoms with Crippen LogP contribution in [0.4, 0.5) is 0 Å². The van der Waals surface area contributed by atoms with Crippen molar-refractivity contribution in [3.05, 3.63) is 16.1 Å². The van der Waals surface area contributed by atoms with Gasteiger partial charge in [0.2, 0.25) is 5.91 Å². The highest BCUT2D eigenvalue weighted by Gasteiger charge is 2.24. The Hall–Kier alpha value is -1.47. The Morgan fingerprint density at radius 1 is 1.50 bits per heavy atom. The topological polar surface area (TPSA) is 111 Å². The number of amides is 2. The average Bonchev–Trinajstić information content (AvgIpc) is 2.63. The van der Waals surface area contributed by atoms with Gasteiger partial charge >= 0.3 is 0 Å². The molecular weight excluding hydrogens is 252 g/mol. The largest absolute Gasteiger partial charge is 0.370 e. The first-order chi connectivity index (χ1) is 8.34. The molecule has 0 fully saturated rings. The van der Waals surface area contributed by atoms with Crippen molar-refractivity contribution in [2.45, 2.75) is 32.2 Å². The lowest BCUT2D eigenvalue weighted by Crippen LogP contribution is -2.46. The Morgan fingerprint density at radius 2 is 2.17 bits per heavy atom. The molecule has 100 valence electrons. The highest BCUT2D eigenvalue weighted by molar-refractivity contribution is 7.09. The number of nitrogens with zero attached hydrogens (tertiary/aromatic N) is 1. The molecule has 1 rings (SSSR count). The van der Waals surface area contributed by atoms with E-state index in [1.165, 1.54) is 11.3 Å². The van der Waals surface area contributed by atoms with Gasteiger partial charge in [0.25, 0.3) is 5.91 Å². The predicted octanol–water partition coefficient (Wildman–Crippen LogP) is 0.0281. The second-order valence-corrected chi connectivity index (χ2v) is 5.59. The molecule has 0 aromatic carbocycles. The van der Waals surface area contributed by atoms with Crippen LogP contribution < -0.4 is 16.8 Å². The van der Waals surface area contributed by atoms with Gasteiger partial charge in [0.15, 0.2) is 0 Å². The summed E-state index contributed by atoms with van der Waals surface area (Å²) in [4.78, 5) is 26.9. The Morgan fingerprint density at radius 3 is 2.72 bits per heavy atom. The van der Waals surface area contributed by atoms with Gasteiger partial charge in [-0.05, 0) is 20.4 Å². The lowest BCUT2D eigenvalue weighted by atomic mass is 10.0. The number of nitrogens with two attached hydrogens (primary N) is 2. The second-order valence-electron chi connectivity index (χ2n) is 4.65. The molecule has 18 heavy (non-hydrogen) atoms. The minimum atomic E-state index is -0.680. The fourth-order valence-corrected chi connectivity index (χ4v) is 2.30. The smallest absolute Gasteiger partial charge is 0.271 e. The van der Waals surface area contributed by atoms with E-state index in [-0.39, 0.29) is 12.3 Å². The summed E-state index contributed by atoms with van der Waals surface area (Å²) in [6.45, 7) is 3.98. The zero-order valence-corrected chi connectivity index (χ0v) is 11.3. The number of carbonyl (C=O) groups is 2. The minimum absolute atomic E-state index is 0.0819. The van der Waals surface area contributed by atoms with Gasteiger partial charge in [-0.25, -0.2) is 4.98 Å². The predicted molar refractivity (Wildman–Crippen MR) is 70.2 cm³/mol. The summed E-state index contributed by atoms with van der Waals surface area (Å²) in [6, 6.07) is 0. The molecule has 0 atom stereocenters. The highest BCUT2D eigenvalue weighted by atomic mass is 32.1. The third-order valence-corrected chi connectivity index (χ3v) is 3.12. The molecule has 1 aromatic rings. The molecule has 1 heterocycles. The number of aromatic nitrogens is 1. The Balaban J connectivity index is 2.66. The Kier molecular flexibility index (Phi) is 4.80. The van der Waals surface area contributed by atoms with E-state index < -0.39 is 11.4 Å². The summed E-state index contributed by atoms with van der Waals surface area (Å²) in [6.07, 6.45) is 0.737. The van der Waals surface area contributed by atoms with Crippen LogP contribution in [-0.2, 0) is 11.2 Å². The number of hydrogen-bond donors (Lipinski definition) is 3. The van der Waals surface area contributed by atoms with E-state index in [2.05, 4.69) is 10.3 Å². The third-order valence-electron chi connectivity index (χ3n) is 2.21. The van der Waals surface area contributed by atoms with Gasteiger partial charge in [-0.15, -0.1) is 11.3 Å². The summed E-state index contributed by atoms with van der Waals surface area (Å²) < 4.78 is 0. The van der Waals surface area contributed by atoms with Crippen LogP contribution in [0.25, 0.3) is 0 Å². The number of hydrogen-bond acceptors (Lipinski definition) is 5. The molecule has 0 bridgehead atoms. The quantitative estimate of drug-likeness (QED) is 0.677. The van der Waals surface area contributed by atoms with Crippen molar-refractivity contribution in [3.8, 4) is 0 Å². The molecule has 0 spiro atoms. The molecule has 0 saturated carbocycles. The van der Waals surface area contributed by atoms with Gasteiger partial charge in [-0.1, -0.05) is 0 Å². The minimum Gasteiger partial charge on any atom is -0.370 e. The van der Waals surface area contributed by atoms with Crippen molar-refractivity contribution < 1.29 is 9.59 Å². The van der Waals surface area contributed by atoms with Crippen LogP contribution in [-0.4, -0.2) is 28.9 Å². The van der Waals surface area contributed by atoms with Crippen molar-refractivity contribution in [1.29, 1.82) is 0 Å². The first-order valence-corrected chi connectivity index (χ1v) is 6.47. The van der Waals surface area contributed by atoms with E-state index in [0.717, 1.165) is 5.01 Å². The van der Waals surface area contributed by atoms with Crippen molar-refractivity contribution in [2.75, 3.05) is 6.54 Å². The summed E-state index contributed by atoms with van der Waals surface area (Å²) in [7, 11) is 0. The van der Waals surface area contributed by atoms with Gasteiger partial charge < -0.3 is 16.8 Å². The SMILES string of the molecule is CC(C)(CC(N)=O)NC(=O)c1csc(CCN)n1. The van der Waals surface area contributed by atoms with Gasteiger partial charge in [0.05, 0.1) is 5.01 Å².